The van der Waals surface area contributed by atoms with E-state index in [1.807, 2.05) is 32.0 Å². The number of ether oxygens (including phenoxy) is 1. The van der Waals surface area contributed by atoms with Gasteiger partial charge in [0.25, 0.3) is 0 Å². The van der Waals surface area contributed by atoms with Gasteiger partial charge in [-0.05, 0) is 57.0 Å². The maximum Gasteiger partial charge on any atom is 0.225 e. The van der Waals surface area contributed by atoms with Crippen LogP contribution in [0.4, 0.5) is 5.69 Å². The van der Waals surface area contributed by atoms with Gasteiger partial charge in [0.2, 0.25) is 5.91 Å². The molecule has 2 rings (SSSR count). The van der Waals surface area contributed by atoms with Gasteiger partial charge in [-0.3, -0.25) is 4.79 Å². The number of halogens is 1. The summed E-state index contributed by atoms with van der Waals surface area (Å²) < 4.78 is 5.43. The maximum absolute atomic E-state index is 11.9. The molecule has 0 saturated carbocycles. The van der Waals surface area contributed by atoms with Crippen molar-refractivity contribution < 1.29 is 9.53 Å². The highest BCUT2D eigenvalue weighted by molar-refractivity contribution is 5.92. The molecule has 1 aromatic rings. The lowest BCUT2D eigenvalue weighted by atomic mass is 10.1. The molecule has 1 atom stereocenters. The predicted octanol–water partition coefficient (Wildman–Crippen LogP) is 2.90. The second kappa shape index (κ2) is 8.12. The summed E-state index contributed by atoms with van der Waals surface area (Å²) in [6.07, 6.45) is 2.81. The third-order valence-electron chi connectivity index (χ3n) is 3.38. The number of anilines is 1. The van der Waals surface area contributed by atoms with Gasteiger partial charge in [-0.15, -0.1) is 12.4 Å². The van der Waals surface area contributed by atoms with Gasteiger partial charge in [0.15, 0.2) is 0 Å². The van der Waals surface area contributed by atoms with Crippen molar-refractivity contribution in [2.75, 3.05) is 18.5 Å². The van der Waals surface area contributed by atoms with Crippen molar-refractivity contribution in [3.05, 3.63) is 23.8 Å². The van der Waals surface area contributed by atoms with Crippen LogP contribution in [-0.2, 0) is 4.79 Å². The molecule has 1 fully saturated rings. The van der Waals surface area contributed by atoms with E-state index in [9.17, 15) is 4.79 Å². The molecule has 1 aromatic carbocycles. The number of rotatable bonds is 5. The van der Waals surface area contributed by atoms with Crippen molar-refractivity contribution >= 4 is 24.0 Å². The maximum atomic E-state index is 11.9. The van der Waals surface area contributed by atoms with E-state index in [-0.39, 0.29) is 18.3 Å². The van der Waals surface area contributed by atoms with Gasteiger partial charge in [-0.2, -0.15) is 0 Å². The van der Waals surface area contributed by atoms with Crippen molar-refractivity contribution in [3.8, 4) is 5.75 Å². The smallest absolute Gasteiger partial charge is 0.225 e. The minimum atomic E-state index is 0. The van der Waals surface area contributed by atoms with Crippen molar-refractivity contribution in [3.63, 3.8) is 0 Å². The summed E-state index contributed by atoms with van der Waals surface area (Å²) in [6.45, 7) is 5.62. The van der Waals surface area contributed by atoms with Crippen molar-refractivity contribution in [2.24, 2.45) is 0 Å². The third-order valence-corrected chi connectivity index (χ3v) is 3.38. The Labute approximate surface area is 126 Å². The Morgan fingerprint density at radius 2 is 2.30 bits per heavy atom. The number of aryl methyl sites for hydroxylation is 1. The topological polar surface area (TPSA) is 50.4 Å². The van der Waals surface area contributed by atoms with Gasteiger partial charge in [0.05, 0.1) is 6.61 Å². The molecular formula is C15H23ClN2O2. The quantitative estimate of drug-likeness (QED) is 0.879. The second-order valence-electron chi connectivity index (χ2n) is 4.96. The van der Waals surface area contributed by atoms with Crippen LogP contribution >= 0.6 is 12.4 Å². The molecule has 5 heteroatoms. The molecular weight excluding hydrogens is 276 g/mol. The van der Waals surface area contributed by atoms with Crippen LogP contribution in [0.5, 0.6) is 5.75 Å². The van der Waals surface area contributed by atoms with Crippen molar-refractivity contribution in [2.45, 2.75) is 39.2 Å². The first-order valence-electron chi connectivity index (χ1n) is 6.95. The van der Waals surface area contributed by atoms with Crippen LogP contribution in [0.2, 0.25) is 0 Å². The molecule has 1 heterocycles. The second-order valence-corrected chi connectivity index (χ2v) is 4.96. The molecule has 0 radical (unpaired) electrons. The Morgan fingerprint density at radius 1 is 1.50 bits per heavy atom. The van der Waals surface area contributed by atoms with E-state index in [0.717, 1.165) is 30.0 Å². The van der Waals surface area contributed by atoms with Crippen LogP contribution in [0.1, 0.15) is 31.7 Å². The Morgan fingerprint density at radius 3 is 2.90 bits per heavy atom. The van der Waals surface area contributed by atoms with E-state index in [0.29, 0.717) is 19.1 Å². The summed E-state index contributed by atoms with van der Waals surface area (Å²) in [4.78, 5) is 11.9. The zero-order valence-electron chi connectivity index (χ0n) is 12.1. The Hall–Kier alpha value is -1.26. The molecule has 20 heavy (non-hydrogen) atoms. The highest BCUT2D eigenvalue weighted by Crippen LogP contribution is 2.22. The van der Waals surface area contributed by atoms with E-state index in [2.05, 4.69) is 10.6 Å². The molecule has 1 saturated heterocycles. The van der Waals surface area contributed by atoms with Crippen LogP contribution in [0, 0.1) is 6.92 Å². The summed E-state index contributed by atoms with van der Waals surface area (Å²) in [6, 6.07) is 6.08. The Bertz CT molecular complexity index is 445. The summed E-state index contributed by atoms with van der Waals surface area (Å²) in [5.74, 6) is 0.919. The lowest BCUT2D eigenvalue weighted by Crippen LogP contribution is -2.27. The largest absolute Gasteiger partial charge is 0.494 e. The lowest BCUT2D eigenvalue weighted by molar-refractivity contribution is -0.116. The number of hydrogen-bond donors (Lipinski definition) is 2. The first kappa shape index (κ1) is 16.8. The molecule has 0 aromatic heterocycles. The minimum absolute atomic E-state index is 0. The van der Waals surface area contributed by atoms with Crippen LogP contribution in [0.15, 0.2) is 18.2 Å². The molecule has 1 aliphatic heterocycles. The monoisotopic (exact) mass is 298 g/mol. The molecule has 1 amide bonds. The molecule has 4 nitrogen and oxygen atoms in total. The Kier molecular flexibility index (Phi) is 6.82. The fraction of sp³-hybridized carbons (Fsp3) is 0.533. The van der Waals surface area contributed by atoms with E-state index in [4.69, 9.17) is 4.74 Å². The van der Waals surface area contributed by atoms with E-state index >= 15 is 0 Å². The van der Waals surface area contributed by atoms with E-state index in [1.54, 1.807) is 0 Å². The fourth-order valence-corrected chi connectivity index (χ4v) is 2.39. The summed E-state index contributed by atoms with van der Waals surface area (Å²) in [7, 11) is 0. The molecule has 0 aliphatic carbocycles. The SMILES string of the molecule is CCOc1ccc(NC(=O)CC2CCCN2)c(C)c1.Cl. The van der Waals surface area contributed by atoms with Gasteiger partial charge in [0.1, 0.15) is 5.75 Å². The normalized spacial score (nSPS) is 17.4. The molecule has 1 aliphatic rings. The first-order valence-corrected chi connectivity index (χ1v) is 6.95. The molecule has 112 valence electrons. The summed E-state index contributed by atoms with van der Waals surface area (Å²) in [5.41, 5.74) is 1.89. The van der Waals surface area contributed by atoms with E-state index in [1.165, 1.54) is 6.42 Å². The number of hydrogen-bond acceptors (Lipinski definition) is 3. The van der Waals surface area contributed by atoms with Gasteiger partial charge in [-0.25, -0.2) is 0 Å². The Balaban J connectivity index is 0.00000200. The number of nitrogens with one attached hydrogen (secondary N) is 2. The van der Waals surface area contributed by atoms with Crippen LogP contribution in [-0.4, -0.2) is 25.1 Å². The number of carbonyl (C=O) groups excluding carboxylic acids is 1. The van der Waals surface area contributed by atoms with Crippen LogP contribution in [0.25, 0.3) is 0 Å². The zero-order valence-corrected chi connectivity index (χ0v) is 12.9. The van der Waals surface area contributed by atoms with Gasteiger partial charge >= 0.3 is 0 Å². The fourth-order valence-electron chi connectivity index (χ4n) is 2.39. The van der Waals surface area contributed by atoms with Gasteiger partial charge in [-0.1, -0.05) is 0 Å². The van der Waals surface area contributed by atoms with Crippen LogP contribution in [0.3, 0.4) is 0 Å². The number of carbonyl (C=O) groups is 1. The summed E-state index contributed by atoms with van der Waals surface area (Å²) >= 11 is 0. The highest BCUT2D eigenvalue weighted by Gasteiger charge is 2.17. The summed E-state index contributed by atoms with van der Waals surface area (Å²) in [5, 5.41) is 6.30. The number of amides is 1. The van der Waals surface area contributed by atoms with Crippen LogP contribution < -0.4 is 15.4 Å². The van der Waals surface area contributed by atoms with E-state index < -0.39 is 0 Å². The molecule has 2 N–H and O–H groups in total. The predicted molar refractivity (Wildman–Crippen MR) is 83.9 cm³/mol. The lowest BCUT2D eigenvalue weighted by Gasteiger charge is -2.13. The van der Waals surface area contributed by atoms with Crippen molar-refractivity contribution in [1.29, 1.82) is 0 Å². The van der Waals surface area contributed by atoms with Gasteiger partial charge in [0, 0.05) is 18.2 Å². The number of benzene rings is 1. The average Bonchev–Trinajstić information content (AvgIpc) is 2.86. The average molecular weight is 299 g/mol. The van der Waals surface area contributed by atoms with Gasteiger partial charge < -0.3 is 15.4 Å². The molecule has 0 bridgehead atoms. The molecule has 1 unspecified atom stereocenters. The molecule has 0 spiro atoms. The zero-order chi connectivity index (χ0) is 13.7. The van der Waals surface area contributed by atoms with Crippen molar-refractivity contribution in [1.82, 2.24) is 5.32 Å². The third kappa shape index (κ3) is 4.69. The first-order chi connectivity index (χ1) is 9.19. The minimum Gasteiger partial charge on any atom is -0.494 e. The standard InChI is InChI=1S/C15H22N2O2.ClH/c1-3-19-13-6-7-14(11(2)9-13)17-15(18)10-12-5-4-8-16-12;/h6-7,9,12,16H,3-5,8,10H2,1-2H3,(H,17,18);1H. The highest BCUT2D eigenvalue weighted by atomic mass is 35.5.